The van der Waals surface area contributed by atoms with Gasteiger partial charge in [0.05, 0.1) is 16.8 Å². The number of nitrogens with one attached hydrogen (secondary N) is 1. The predicted molar refractivity (Wildman–Crippen MR) is 115 cm³/mol. The molecular formula is C20H29N5O2S. The maximum Gasteiger partial charge on any atom is 0.211 e. The normalized spacial score (nSPS) is 12.2. The van der Waals surface area contributed by atoms with Crippen molar-refractivity contribution in [2.45, 2.75) is 52.5 Å². The van der Waals surface area contributed by atoms with Crippen LogP contribution in [0.25, 0.3) is 21.9 Å². The van der Waals surface area contributed by atoms with Crippen LogP contribution in [0.5, 0.6) is 0 Å². The van der Waals surface area contributed by atoms with E-state index in [1.807, 2.05) is 31.2 Å². The van der Waals surface area contributed by atoms with Crippen LogP contribution < -0.4 is 10.5 Å². The molecule has 7 nitrogen and oxygen atoms in total. The fourth-order valence-electron chi connectivity index (χ4n) is 3.44. The molecule has 0 aliphatic rings. The van der Waals surface area contributed by atoms with Gasteiger partial charge in [-0.05, 0) is 25.3 Å². The number of aromatic nitrogens is 3. The SMILES string of the molecule is CCCCS(=O)(=O)NCCCCn1c(CC)nc2c(N)nc3ccccc3c21. The van der Waals surface area contributed by atoms with Gasteiger partial charge in [0.2, 0.25) is 10.0 Å². The molecule has 3 aromatic rings. The van der Waals surface area contributed by atoms with Gasteiger partial charge in [-0.1, -0.05) is 38.5 Å². The molecule has 1 aromatic carbocycles. The number of nitrogens with zero attached hydrogens (tertiary/aromatic N) is 3. The van der Waals surface area contributed by atoms with Crippen LogP contribution in [0.15, 0.2) is 24.3 Å². The van der Waals surface area contributed by atoms with Gasteiger partial charge < -0.3 is 10.3 Å². The first-order chi connectivity index (χ1) is 13.5. The fourth-order valence-corrected chi connectivity index (χ4v) is 4.71. The van der Waals surface area contributed by atoms with Crippen molar-refractivity contribution in [1.82, 2.24) is 19.3 Å². The molecule has 0 radical (unpaired) electrons. The van der Waals surface area contributed by atoms with Crippen molar-refractivity contribution in [2.24, 2.45) is 0 Å². The van der Waals surface area contributed by atoms with E-state index in [1.165, 1.54) is 0 Å². The third kappa shape index (κ3) is 4.44. The summed E-state index contributed by atoms with van der Waals surface area (Å²) in [6.07, 6.45) is 3.99. The quantitative estimate of drug-likeness (QED) is 0.506. The van der Waals surface area contributed by atoms with Crippen LogP contribution in [0.2, 0.25) is 0 Å². The van der Waals surface area contributed by atoms with Crippen molar-refractivity contribution in [2.75, 3.05) is 18.0 Å². The van der Waals surface area contributed by atoms with E-state index < -0.39 is 10.0 Å². The number of imidazole rings is 1. The lowest BCUT2D eigenvalue weighted by molar-refractivity contribution is 0.562. The first-order valence-corrected chi connectivity index (χ1v) is 11.6. The van der Waals surface area contributed by atoms with Gasteiger partial charge >= 0.3 is 0 Å². The number of pyridine rings is 1. The van der Waals surface area contributed by atoms with Crippen molar-refractivity contribution in [1.29, 1.82) is 0 Å². The number of unbranched alkanes of at least 4 members (excludes halogenated alkanes) is 2. The van der Waals surface area contributed by atoms with Crippen LogP contribution in [-0.2, 0) is 23.0 Å². The molecule has 3 N–H and O–H groups in total. The van der Waals surface area contributed by atoms with Crippen LogP contribution in [0.1, 0.15) is 45.4 Å². The van der Waals surface area contributed by atoms with Gasteiger partial charge in [0.25, 0.3) is 0 Å². The summed E-state index contributed by atoms with van der Waals surface area (Å²) in [5, 5.41) is 1.04. The topological polar surface area (TPSA) is 103 Å². The lowest BCUT2D eigenvalue weighted by Gasteiger charge is -2.11. The minimum Gasteiger partial charge on any atom is -0.382 e. The zero-order chi connectivity index (χ0) is 20.1. The molecule has 0 fully saturated rings. The Hall–Kier alpha value is -2.19. The smallest absolute Gasteiger partial charge is 0.211 e. The number of benzene rings is 1. The Kier molecular flexibility index (Phi) is 6.51. The van der Waals surface area contributed by atoms with Gasteiger partial charge in [-0.25, -0.2) is 23.1 Å². The van der Waals surface area contributed by atoms with Crippen LogP contribution in [0.4, 0.5) is 5.82 Å². The Morgan fingerprint density at radius 1 is 1.11 bits per heavy atom. The Labute approximate surface area is 166 Å². The number of para-hydroxylation sites is 1. The average molecular weight is 404 g/mol. The molecule has 0 aliphatic heterocycles. The molecule has 8 heteroatoms. The molecule has 28 heavy (non-hydrogen) atoms. The molecule has 0 saturated carbocycles. The first-order valence-electron chi connectivity index (χ1n) is 9.97. The third-order valence-corrected chi connectivity index (χ3v) is 6.37. The van der Waals surface area contributed by atoms with Crippen LogP contribution >= 0.6 is 0 Å². The standard InChI is InChI=1S/C20H29N5O2S/c1-3-5-14-28(26,27)22-12-8-9-13-25-17(4-2)24-18-19(25)15-10-6-7-11-16(15)23-20(18)21/h6-7,10-11,22H,3-5,8-9,12-14H2,1-2H3,(H2,21,23). The summed E-state index contributed by atoms with van der Waals surface area (Å²) >= 11 is 0. The maximum absolute atomic E-state index is 11.9. The molecule has 0 bridgehead atoms. The summed E-state index contributed by atoms with van der Waals surface area (Å²) in [6.45, 7) is 5.29. The number of hydrogen-bond acceptors (Lipinski definition) is 5. The summed E-state index contributed by atoms with van der Waals surface area (Å²) in [7, 11) is -3.15. The van der Waals surface area contributed by atoms with E-state index in [0.29, 0.717) is 18.8 Å². The van der Waals surface area contributed by atoms with E-state index in [1.54, 1.807) is 0 Å². The highest BCUT2D eigenvalue weighted by molar-refractivity contribution is 7.89. The number of nitrogens with two attached hydrogens (primary N) is 1. The number of fused-ring (bicyclic) bond motifs is 3. The zero-order valence-electron chi connectivity index (χ0n) is 16.6. The molecule has 2 aromatic heterocycles. The van der Waals surface area contributed by atoms with Crippen molar-refractivity contribution < 1.29 is 8.42 Å². The van der Waals surface area contributed by atoms with Gasteiger partial charge in [-0.3, -0.25) is 0 Å². The molecule has 3 rings (SSSR count). The number of nitrogen functional groups attached to an aromatic ring is 1. The van der Waals surface area contributed by atoms with E-state index in [4.69, 9.17) is 10.7 Å². The highest BCUT2D eigenvalue weighted by Crippen LogP contribution is 2.29. The van der Waals surface area contributed by atoms with Gasteiger partial charge in [0.1, 0.15) is 11.3 Å². The summed E-state index contributed by atoms with van der Waals surface area (Å²) in [4.78, 5) is 9.20. The summed E-state index contributed by atoms with van der Waals surface area (Å²) < 4.78 is 28.7. The van der Waals surface area contributed by atoms with Gasteiger partial charge in [0, 0.05) is 24.9 Å². The number of anilines is 1. The average Bonchev–Trinajstić information content (AvgIpc) is 3.06. The van der Waals surface area contributed by atoms with Crippen LogP contribution in [0, 0.1) is 0 Å². The van der Waals surface area contributed by atoms with Gasteiger partial charge in [-0.15, -0.1) is 0 Å². The molecular weight excluding hydrogens is 374 g/mol. The van der Waals surface area contributed by atoms with Gasteiger partial charge in [0.15, 0.2) is 5.82 Å². The van der Waals surface area contributed by atoms with E-state index >= 15 is 0 Å². The second-order valence-electron chi connectivity index (χ2n) is 7.02. The number of sulfonamides is 1. The Morgan fingerprint density at radius 2 is 1.89 bits per heavy atom. The van der Waals surface area contributed by atoms with Gasteiger partial charge in [-0.2, -0.15) is 0 Å². The van der Waals surface area contributed by atoms with Crippen LogP contribution in [0.3, 0.4) is 0 Å². The predicted octanol–water partition coefficient (Wildman–Crippen LogP) is 3.23. The first kappa shape index (κ1) is 20.5. The second kappa shape index (κ2) is 8.87. The minimum atomic E-state index is -3.15. The monoisotopic (exact) mass is 403 g/mol. The molecule has 0 amide bonds. The molecule has 0 spiro atoms. The maximum atomic E-state index is 11.9. The molecule has 0 atom stereocenters. The Bertz CT molecular complexity index is 1060. The number of hydrogen-bond donors (Lipinski definition) is 2. The number of rotatable bonds is 10. The molecule has 2 heterocycles. The minimum absolute atomic E-state index is 0.202. The molecule has 152 valence electrons. The lowest BCUT2D eigenvalue weighted by Crippen LogP contribution is -2.27. The highest BCUT2D eigenvalue weighted by Gasteiger charge is 2.16. The van der Waals surface area contributed by atoms with E-state index in [-0.39, 0.29) is 5.75 Å². The molecule has 0 unspecified atom stereocenters. The third-order valence-electron chi connectivity index (χ3n) is 4.90. The second-order valence-corrected chi connectivity index (χ2v) is 8.94. The van der Waals surface area contributed by atoms with Crippen molar-refractivity contribution >= 4 is 37.8 Å². The zero-order valence-corrected chi connectivity index (χ0v) is 17.4. The highest BCUT2D eigenvalue weighted by atomic mass is 32.2. The molecule has 0 saturated heterocycles. The lowest BCUT2D eigenvalue weighted by atomic mass is 10.2. The number of aryl methyl sites for hydroxylation is 2. The van der Waals surface area contributed by atoms with E-state index in [0.717, 1.165) is 60.0 Å². The fraction of sp³-hybridized carbons (Fsp3) is 0.500. The van der Waals surface area contributed by atoms with Crippen LogP contribution in [-0.4, -0.2) is 35.3 Å². The summed E-state index contributed by atoms with van der Waals surface area (Å²) in [5.41, 5.74) is 8.78. The van der Waals surface area contributed by atoms with Crippen molar-refractivity contribution in [3.8, 4) is 0 Å². The van der Waals surface area contributed by atoms with Crippen molar-refractivity contribution in [3.05, 3.63) is 30.1 Å². The Morgan fingerprint density at radius 3 is 2.64 bits per heavy atom. The summed E-state index contributed by atoms with van der Waals surface area (Å²) in [5.74, 6) is 1.63. The van der Waals surface area contributed by atoms with E-state index in [9.17, 15) is 8.42 Å². The summed E-state index contributed by atoms with van der Waals surface area (Å²) in [6, 6.07) is 7.95. The largest absolute Gasteiger partial charge is 0.382 e. The van der Waals surface area contributed by atoms with E-state index in [2.05, 4.69) is 21.2 Å². The Balaban J connectivity index is 1.76. The molecule has 0 aliphatic carbocycles. The van der Waals surface area contributed by atoms with Crippen molar-refractivity contribution in [3.63, 3.8) is 0 Å².